The molecule has 0 radical (unpaired) electrons. The van der Waals surface area contributed by atoms with Gasteiger partial charge in [0, 0.05) is 11.6 Å². The van der Waals surface area contributed by atoms with Crippen molar-refractivity contribution in [2.75, 3.05) is 5.73 Å². The smallest absolute Gasteiger partial charge is 0.416 e. The number of benzene rings is 1. The van der Waals surface area contributed by atoms with E-state index in [1.165, 1.54) is 18.3 Å². The minimum absolute atomic E-state index is 0.0255. The number of rotatable bonds is 0. The Hall–Kier alpha value is -2.04. The molecule has 0 spiro atoms. The maximum absolute atomic E-state index is 13.0. The molecule has 1 heterocycles. The van der Waals surface area contributed by atoms with Crippen LogP contribution in [0.25, 0.3) is 10.9 Å². The zero-order valence-corrected chi connectivity index (χ0v) is 7.07. The molecule has 14 heavy (non-hydrogen) atoms. The largest absolute Gasteiger partial charge is 0.464 e. The van der Waals surface area contributed by atoms with Crippen molar-refractivity contribution in [3.8, 4) is 0 Å². The van der Waals surface area contributed by atoms with Gasteiger partial charge in [-0.3, -0.25) is 4.57 Å². The second-order valence-electron chi connectivity index (χ2n) is 2.86. The summed E-state index contributed by atoms with van der Waals surface area (Å²) in [4.78, 5) is 10.7. The Morgan fingerprint density at radius 1 is 1.43 bits per heavy atom. The summed E-state index contributed by atoms with van der Waals surface area (Å²) in [6.07, 6.45) is 0.217. The third-order valence-electron chi connectivity index (χ3n) is 2.07. The minimum Gasteiger partial charge on any atom is -0.464 e. The van der Waals surface area contributed by atoms with Gasteiger partial charge < -0.3 is 10.8 Å². The number of halogens is 1. The van der Waals surface area contributed by atoms with E-state index in [9.17, 15) is 9.18 Å². The Morgan fingerprint density at radius 3 is 2.79 bits per heavy atom. The van der Waals surface area contributed by atoms with Crippen molar-refractivity contribution in [3.05, 3.63) is 30.2 Å². The van der Waals surface area contributed by atoms with Crippen LogP contribution in [-0.2, 0) is 0 Å². The lowest BCUT2D eigenvalue weighted by molar-refractivity contribution is 0.197. The van der Waals surface area contributed by atoms with Crippen LogP contribution in [0.1, 0.15) is 0 Å². The standard InChI is InChI=1S/C9H7FN2O2/c10-6-1-2-7-5(8(6)11)3-4-12(7)9(13)14/h1-4H,11H2,(H,13,14). The van der Waals surface area contributed by atoms with E-state index < -0.39 is 11.9 Å². The molecular weight excluding hydrogens is 187 g/mol. The van der Waals surface area contributed by atoms with E-state index >= 15 is 0 Å². The monoisotopic (exact) mass is 194 g/mol. The molecule has 0 saturated carbocycles. The van der Waals surface area contributed by atoms with Gasteiger partial charge in [0.25, 0.3) is 0 Å². The first-order valence-electron chi connectivity index (χ1n) is 3.89. The molecule has 3 N–H and O–H groups in total. The lowest BCUT2D eigenvalue weighted by Gasteiger charge is -2.00. The van der Waals surface area contributed by atoms with Crippen molar-refractivity contribution in [1.29, 1.82) is 0 Å². The van der Waals surface area contributed by atoms with Crippen LogP contribution in [0.2, 0.25) is 0 Å². The third-order valence-corrected chi connectivity index (χ3v) is 2.07. The maximum atomic E-state index is 13.0. The number of fused-ring (bicyclic) bond motifs is 1. The summed E-state index contributed by atoms with van der Waals surface area (Å²) in [5.74, 6) is -0.541. The molecule has 5 heteroatoms. The minimum atomic E-state index is -1.12. The summed E-state index contributed by atoms with van der Waals surface area (Å²) in [5, 5.41) is 9.17. The highest BCUT2D eigenvalue weighted by Gasteiger charge is 2.10. The van der Waals surface area contributed by atoms with Gasteiger partial charge in [0.2, 0.25) is 0 Å². The van der Waals surface area contributed by atoms with Crippen molar-refractivity contribution < 1.29 is 14.3 Å². The van der Waals surface area contributed by atoms with Crippen LogP contribution < -0.4 is 5.73 Å². The molecule has 4 nitrogen and oxygen atoms in total. The molecule has 0 aliphatic carbocycles. The Balaban J connectivity index is 2.83. The Morgan fingerprint density at radius 2 is 2.14 bits per heavy atom. The average Bonchev–Trinajstić information content (AvgIpc) is 2.55. The molecule has 0 amide bonds. The van der Waals surface area contributed by atoms with Crippen molar-refractivity contribution in [3.63, 3.8) is 0 Å². The third kappa shape index (κ3) is 1.02. The first-order valence-corrected chi connectivity index (χ1v) is 3.89. The molecule has 1 aromatic heterocycles. The fourth-order valence-electron chi connectivity index (χ4n) is 1.38. The predicted octanol–water partition coefficient (Wildman–Crippen LogP) is 1.89. The van der Waals surface area contributed by atoms with Gasteiger partial charge in [-0.25, -0.2) is 9.18 Å². The first kappa shape index (κ1) is 8.55. The van der Waals surface area contributed by atoms with E-state index in [4.69, 9.17) is 10.8 Å². The van der Waals surface area contributed by atoms with Gasteiger partial charge in [-0.15, -0.1) is 0 Å². The van der Waals surface area contributed by atoms with Gasteiger partial charge >= 0.3 is 6.09 Å². The summed E-state index contributed by atoms with van der Waals surface area (Å²) >= 11 is 0. The van der Waals surface area contributed by atoms with Crippen LogP contribution in [0, 0.1) is 5.82 Å². The SMILES string of the molecule is Nc1c(F)ccc2c1ccn2C(=O)O. The van der Waals surface area contributed by atoms with Crippen molar-refractivity contribution in [2.24, 2.45) is 0 Å². The van der Waals surface area contributed by atoms with Gasteiger partial charge in [0.15, 0.2) is 0 Å². The van der Waals surface area contributed by atoms with E-state index in [0.717, 1.165) is 10.6 Å². The molecule has 0 bridgehead atoms. The fraction of sp³-hybridized carbons (Fsp3) is 0. The first-order chi connectivity index (χ1) is 6.61. The normalized spacial score (nSPS) is 10.6. The van der Waals surface area contributed by atoms with Crippen LogP contribution >= 0.6 is 0 Å². The van der Waals surface area contributed by atoms with Gasteiger partial charge in [-0.2, -0.15) is 0 Å². The summed E-state index contributed by atoms with van der Waals surface area (Å²) < 4.78 is 14.0. The molecule has 72 valence electrons. The summed E-state index contributed by atoms with van der Waals surface area (Å²) in [7, 11) is 0. The molecule has 2 aromatic rings. The number of hydrogen-bond acceptors (Lipinski definition) is 2. The van der Waals surface area contributed by atoms with E-state index in [0.29, 0.717) is 10.9 Å². The number of aromatic nitrogens is 1. The highest BCUT2D eigenvalue weighted by molar-refractivity contribution is 5.96. The van der Waals surface area contributed by atoms with Crippen LogP contribution in [0.3, 0.4) is 0 Å². The maximum Gasteiger partial charge on any atom is 0.416 e. The average molecular weight is 194 g/mol. The molecule has 0 aliphatic heterocycles. The lowest BCUT2D eigenvalue weighted by atomic mass is 10.2. The topological polar surface area (TPSA) is 68.2 Å². The van der Waals surface area contributed by atoms with E-state index in [1.54, 1.807) is 0 Å². The fourth-order valence-corrected chi connectivity index (χ4v) is 1.38. The van der Waals surface area contributed by atoms with Crippen molar-refractivity contribution in [2.45, 2.75) is 0 Å². The Kier molecular flexibility index (Phi) is 1.67. The number of carboxylic acid groups (broad SMARTS) is 1. The molecule has 2 rings (SSSR count). The number of nitrogen functional groups attached to an aromatic ring is 1. The van der Waals surface area contributed by atoms with Gasteiger partial charge in [-0.05, 0) is 18.2 Å². The molecular formula is C9H7FN2O2. The van der Waals surface area contributed by atoms with Gasteiger partial charge in [-0.1, -0.05) is 0 Å². The van der Waals surface area contributed by atoms with Crippen LogP contribution in [-0.4, -0.2) is 15.8 Å². The number of hydrogen-bond donors (Lipinski definition) is 2. The molecule has 0 fully saturated rings. The molecule has 0 saturated heterocycles. The van der Waals surface area contributed by atoms with Gasteiger partial charge in [0.1, 0.15) is 5.82 Å². The van der Waals surface area contributed by atoms with Crippen molar-refractivity contribution in [1.82, 2.24) is 4.57 Å². The second kappa shape index (κ2) is 2.73. The van der Waals surface area contributed by atoms with Crippen LogP contribution in [0.15, 0.2) is 24.4 Å². The van der Waals surface area contributed by atoms with Crippen LogP contribution in [0.5, 0.6) is 0 Å². The number of nitrogens with zero attached hydrogens (tertiary/aromatic N) is 1. The summed E-state index contributed by atoms with van der Waals surface area (Å²) in [6.45, 7) is 0. The summed E-state index contributed by atoms with van der Waals surface area (Å²) in [6, 6.07) is 4.01. The van der Waals surface area contributed by atoms with E-state index in [1.807, 2.05) is 0 Å². The zero-order valence-electron chi connectivity index (χ0n) is 7.07. The number of nitrogens with two attached hydrogens (primary N) is 1. The predicted molar refractivity (Wildman–Crippen MR) is 49.7 cm³/mol. The zero-order chi connectivity index (χ0) is 10.3. The van der Waals surface area contributed by atoms with Crippen LogP contribution in [0.4, 0.5) is 14.9 Å². The van der Waals surface area contributed by atoms with E-state index in [-0.39, 0.29) is 5.69 Å². The van der Waals surface area contributed by atoms with E-state index in [2.05, 4.69) is 0 Å². The van der Waals surface area contributed by atoms with Gasteiger partial charge in [0.05, 0.1) is 11.2 Å². The Labute approximate surface area is 78.4 Å². The number of carbonyl (C=O) groups is 1. The quantitative estimate of drug-likeness (QED) is 0.629. The molecule has 0 unspecified atom stereocenters. The summed E-state index contributed by atoms with van der Waals surface area (Å²) in [5.41, 5.74) is 5.81. The second-order valence-corrected chi connectivity index (χ2v) is 2.86. The highest BCUT2D eigenvalue weighted by Crippen LogP contribution is 2.24. The van der Waals surface area contributed by atoms with Crippen molar-refractivity contribution >= 4 is 22.7 Å². The lowest BCUT2D eigenvalue weighted by Crippen LogP contribution is -2.05. The molecule has 1 aromatic carbocycles. The molecule has 0 aliphatic rings. The number of anilines is 1. The molecule has 0 atom stereocenters. The Bertz CT molecular complexity index is 519. The highest BCUT2D eigenvalue weighted by atomic mass is 19.1.